The highest BCUT2D eigenvalue weighted by Crippen LogP contribution is 2.40. The van der Waals surface area contributed by atoms with Gasteiger partial charge in [-0.25, -0.2) is 4.79 Å². The molecule has 62 valence electrons. The van der Waals surface area contributed by atoms with Crippen molar-refractivity contribution in [2.24, 2.45) is 0 Å². The van der Waals surface area contributed by atoms with Crippen molar-refractivity contribution >= 4 is 13.1 Å². The zero-order chi connectivity index (χ0) is 7.65. The van der Waals surface area contributed by atoms with Crippen molar-refractivity contribution in [2.75, 3.05) is 13.3 Å². The topological polar surface area (TPSA) is 110 Å². The van der Waals surface area contributed by atoms with Crippen LogP contribution in [0, 0.1) is 0 Å². The predicted molar refractivity (Wildman–Crippen MR) is 38.1 cm³/mol. The van der Waals surface area contributed by atoms with Gasteiger partial charge in [-0.1, -0.05) is 0 Å². The smallest absolute Gasteiger partial charge is 0.340 e. The van der Waals surface area contributed by atoms with Gasteiger partial charge in [0.15, 0.2) is 0 Å². The van der Waals surface area contributed by atoms with Crippen molar-refractivity contribution in [2.45, 2.75) is 5.85 Å². The molecule has 0 amide bonds. The van der Waals surface area contributed by atoms with E-state index in [2.05, 4.69) is 0 Å². The van der Waals surface area contributed by atoms with Crippen LogP contribution in [0.25, 0.3) is 0 Å². The molecule has 0 heterocycles. The van der Waals surface area contributed by atoms with E-state index in [-0.39, 0.29) is 6.15 Å². The van der Waals surface area contributed by atoms with E-state index in [1.54, 1.807) is 0 Å². The van der Waals surface area contributed by atoms with Gasteiger partial charge in [-0.15, -0.1) is 0 Å². The lowest BCUT2D eigenvalue weighted by Gasteiger charge is -2.08. The maximum absolute atomic E-state index is 10.7. The molecular formula is C4H12NO4P. The molecule has 0 aromatic carbocycles. The van der Waals surface area contributed by atoms with Crippen LogP contribution < -0.4 is 6.15 Å². The van der Waals surface area contributed by atoms with Gasteiger partial charge in [0.2, 0.25) is 5.85 Å². The molecule has 0 fully saturated rings. The largest absolute Gasteiger partial charge is 0.479 e. The van der Waals surface area contributed by atoms with Gasteiger partial charge in [0.1, 0.15) is 7.14 Å². The first kappa shape index (κ1) is 12.3. The number of hydrogen-bond donors (Lipinski definition) is 3. The minimum absolute atomic E-state index is 0. The molecule has 10 heavy (non-hydrogen) atoms. The molecule has 0 aromatic rings. The number of aliphatic carboxylic acids is 1. The molecule has 0 aliphatic rings. The number of aliphatic hydroxyl groups excluding tert-OH is 1. The summed E-state index contributed by atoms with van der Waals surface area (Å²) in [6.45, 7) is 2.46. The van der Waals surface area contributed by atoms with E-state index in [0.29, 0.717) is 0 Å². The van der Waals surface area contributed by atoms with Gasteiger partial charge in [-0.2, -0.15) is 0 Å². The molecular weight excluding hydrogens is 157 g/mol. The van der Waals surface area contributed by atoms with Crippen LogP contribution in [0.2, 0.25) is 0 Å². The molecule has 0 aliphatic carbocycles. The lowest BCUT2D eigenvalue weighted by molar-refractivity contribution is -0.142. The number of carboxylic acid groups (broad SMARTS) is 1. The first-order valence-corrected chi connectivity index (χ1v) is 4.98. The summed E-state index contributed by atoms with van der Waals surface area (Å²) in [6.07, 6.45) is 0. The van der Waals surface area contributed by atoms with Gasteiger partial charge >= 0.3 is 5.97 Å². The normalized spacial score (nSPS) is 13.5. The van der Waals surface area contributed by atoms with Crippen molar-refractivity contribution in [3.05, 3.63) is 0 Å². The summed E-state index contributed by atoms with van der Waals surface area (Å²) >= 11 is 0. The Balaban J connectivity index is 0. The molecule has 0 bridgehead atoms. The Labute approximate surface area is 59.0 Å². The number of rotatable bonds is 2. The quantitative estimate of drug-likeness (QED) is 0.510. The first-order chi connectivity index (χ1) is 3.85. The number of hydrogen-bond acceptors (Lipinski definition) is 4. The second kappa shape index (κ2) is 3.71. The van der Waals surface area contributed by atoms with Crippen LogP contribution in [0.1, 0.15) is 0 Å². The second-order valence-corrected chi connectivity index (χ2v) is 5.50. The van der Waals surface area contributed by atoms with Crippen LogP contribution in [0.4, 0.5) is 0 Å². The maximum atomic E-state index is 10.7. The molecule has 0 saturated carbocycles. The first-order valence-electron chi connectivity index (χ1n) is 2.31. The van der Waals surface area contributed by atoms with Gasteiger partial charge in [0.25, 0.3) is 0 Å². The predicted octanol–water partition coefficient (Wildman–Crippen LogP) is 0.174. The number of carbonyl (C=O) groups is 1. The Morgan fingerprint density at radius 1 is 1.50 bits per heavy atom. The van der Waals surface area contributed by atoms with E-state index >= 15 is 0 Å². The second-order valence-electron chi connectivity index (χ2n) is 2.15. The van der Waals surface area contributed by atoms with Crippen LogP contribution >= 0.6 is 7.14 Å². The van der Waals surface area contributed by atoms with Gasteiger partial charge < -0.3 is 20.9 Å². The van der Waals surface area contributed by atoms with Crippen LogP contribution in [0.15, 0.2) is 0 Å². The summed E-state index contributed by atoms with van der Waals surface area (Å²) in [4.78, 5) is 9.92. The van der Waals surface area contributed by atoms with Crippen LogP contribution in [-0.4, -0.2) is 35.4 Å². The van der Waals surface area contributed by atoms with E-state index < -0.39 is 19.0 Å². The van der Waals surface area contributed by atoms with Crippen LogP contribution in [0.5, 0.6) is 0 Å². The Morgan fingerprint density at radius 3 is 1.80 bits per heavy atom. The minimum atomic E-state index is -2.86. The molecule has 1 unspecified atom stereocenters. The third kappa shape index (κ3) is 3.61. The van der Waals surface area contributed by atoms with Gasteiger partial charge in [0.05, 0.1) is 0 Å². The summed E-state index contributed by atoms with van der Waals surface area (Å²) in [5.74, 6) is -3.14. The third-order valence-electron chi connectivity index (χ3n) is 0.810. The fourth-order valence-electron chi connectivity index (χ4n) is 0.266. The molecule has 5 N–H and O–H groups in total. The molecule has 0 aliphatic heterocycles. The summed E-state index contributed by atoms with van der Waals surface area (Å²) in [7, 11) is -2.86. The Morgan fingerprint density at radius 2 is 1.80 bits per heavy atom. The highest BCUT2D eigenvalue weighted by molar-refractivity contribution is 7.63. The minimum Gasteiger partial charge on any atom is -0.479 e. The molecule has 0 saturated heterocycles. The van der Waals surface area contributed by atoms with E-state index in [9.17, 15) is 9.36 Å². The molecule has 0 aromatic heterocycles. The zero-order valence-corrected chi connectivity index (χ0v) is 6.84. The molecule has 0 spiro atoms. The fraction of sp³-hybridized carbons (Fsp3) is 0.750. The summed E-state index contributed by atoms with van der Waals surface area (Å²) in [5, 5.41) is 16.7. The lowest BCUT2D eigenvalue weighted by atomic mass is 10.7. The zero-order valence-electron chi connectivity index (χ0n) is 5.94. The number of aliphatic hydroxyl groups is 1. The number of carboxylic acids is 1. The Kier molecular flexibility index (Phi) is 4.56. The summed E-state index contributed by atoms with van der Waals surface area (Å²) in [5.41, 5.74) is 0. The molecule has 5 nitrogen and oxygen atoms in total. The average Bonchev–Trinajstić information content (AvgIpc) is 1.62. The van der Waals surface area contributed by atoms with Crippen molar-refractivity contribution < 1.29 is 19.6 Å². The molecule has 0 radical (unpaired) electrons. The highest BCUT2D eigenvalue weighted by Gasteiger charge is 2.26. The summed E-state index contributed by atoms with van der Waals surface area (Å²) < 4.78 is 10.7. The molecule has 0 rings (SSSR count). The fourth-order valence-corrected chi connectivity index (χ4v) is 0.798. The SMILES string of the molecule is CP(C)(=O)C(O)C(=O)O.N. The summed E-state index contributed by atoms with van der Waals surface area (Å²) in [6, 6.07) is 0. The van der Waals surface area contributed by atoms with Crippen LogP contribution in [0.3, 0.4) is 0 Å². The van der Waals surface area contributed by atoms with Crippen molar-refractivity contribution in [3.8, 4) is 0 Å². The maximum Gasteiger partial charge on any atom is 0.340 e. The van der Waals surface area contributed by atoms with E-state index in [1.807, 2.05) is 0 Å². The highest BCUT2D eigenvalue weighted by atomic mass is 31.2. The Bertz CT molecular complexity index is 163. The lowest BCUT2D eigenvalue weighted by Crippen LogP contribution is -2.18. The van der Waals surface area contributed by atoms with Gasteiger partial charge in [-0.05, 0) is 13.3 Å². The standard InChI is InChI=1S/C4H9O4P.H3N/c1-9(2,8)4(7)3(5)6;/h4,7H,1-2H3,(H,5,6);1H3. The van der Waals surface area contributed by atoms with E-state index in [0.717, 1.165) is 0 Å². The Hall–Kier alpha value is -0.380. The van der Waals surface area contributed by atoms with Crippen molar-refractivity contribution in [3.63, 3.8) is 0 Å². The van der Waals surface area contributed by atoms with Crippen LogP contribution in [-0.2, 0) is 9.36 Å². The van der Waals surface area contributed by atoms with Crippen molar-refractivity contribution in [1.29, 1.82) is 0 Å². The van der Waals surface area contributed by atoms with E-state index in [4.69, 9.17) is 10.2 Å². The molecule has 1 atom stereocenters. The average molecular weight is 169 g/mol. The van der Waals surface area contributed by atoms with Gasteiger partial charge in [-0.3, -0.25) is 0 Å². The monoisotopic (exact) mass is 169 g/mol. The third-order valence-corrected chi connectivity index (χ3v) is 2.21. The molecule has 6 heteroatoms. The van der Waals surface area contributed by atoms with Gasteiger partial charge in [0, 0.05) is 0 Å². The van der Waals surface area contributed by atoms with Crippen molar-refractivity contribution in [1.82, 2.24) is 6.15 Å². The van der Waals surface area contributed by atoms with E-state index in [1.165, 1.54) is 13.3 Å².